The molecular formula is C28H32N2O3. The molecule has 5 heteroatoms. The molecule has 1 N–H and O–H groups in total. The Bertz CT molecular complexity index is 1020. The van der Waals surface area contributed by atoms with Crippen LogP contribution in [0.5, 0.6) is 5.75 Å². The third-order valence-electron chi connectivity index (χ3n) is 5.46. The molecule has 3 aromatic rings. The van der Waals surface area contributed by atoms with Crippen LogP contribution in [0.2, 0.25) is 0 Å². The molecule has 1 atom stereocenters. The van der Waals surface area contributed by atoms with Crippen molar-refractivity contribution in [3.8, 4) is 5.75 Å². The first-order valence-electron chi connectivity index (χ1n) is 11.4. The van der Waals surface area contributed by atoms with Gasteiger partial charge in [0.25, 0.3) is 5.91 Å². The van der Waals surface area contributed by atoms with Crippen molar-refractivity contribution in [2.24, 2.45) is 0 Å². The molecule has 5 nitrogen and oxygen atoms in total. The Kier molecular flexibility index (Phi) is 9.07. The van der Waals surface area contributed by atoms with E-state index < -0.39 is 6.04 Å². The number of aryl methyl sites for hydroxylation is 1. The van der Waals surface area contributed by atoms with Crippen LogP contribution in [-0.4, -0.2) is 35.9 Å². The number of ether oxygens (including phenoxy) is 1. The van der Waals surface area contributed by atoms with Crippen LogP contribution in [0.15, 0.2) is 84.9 Å². The van der Waals surface area contributed by atoms with Gasteiger partial charge in [0.15, 0.2) is 6.61 Å². The number of hydrogen-bond donors (Lipinski definition) is 1. The maximum Gasteiger partial charge on any atom is 0.261 e. The fraction of sp³-hybridized carbons (Fsp3) is 0.286. The van der Waals surface area contributed by atoms with Crippen LogP contribution in [0, 0.1) is 6.92 Å². The van der Waals surface area contributed by atoms with E-state index in [1.54, 1.807) is 4.90 Å². The van der Waals surface area contributed by atoms with Gasteiger partial charge in [-0.1, -0.05) is 85.8 Å². The highest BCUT2D eigenvalue weighted by atomic mass is 16.5. The molecule has 0 aromatic heterocycles. The van der Waals surface area contributed by atoms with Crippen LogP contribution >= 0.6 is 0 Å². The first-order chi connectivity index (χ1) is 16.1. The van der Waals surface area contributed by atoms with Crippen LogP contribution in [0.3, 0.4) is 0 Å². The standard InChI is InChI=1S/C28H32N2O3/c1-3-18-29-28(32)25(19-23-13-6-4-7-14-23)30(20-24-15-8-5-9-16-24)27(31)21-33-26-17-11-10-12-22(26)2/h4-17,25H,3,18-21H2,1-2H3,(H,29,32). The van der Waals surface area contributed by atoms with E-state index in [9.17, 15) is 9.59 Å². The van der Waals surface area contributed by atoms with E-state index >= 15 is 0 Å². The summed E-state index contributed by atoms with van der Waals surface area (Å²) in [5.74, 6) is 0.288. The zero-order valence-corrected chi connectivity index (χ0v) is 19.4. The number of benzene rings is 3. The summed E-state index contributed by atoms with van der Waals surface area (Å²) >= 11 is 0. The lowest BCUT2D eigenvalue weighted by Crippen LogP contribution is -2.51. The minimum Gasteiger partial charge on any atom is -0.484 e. The molecule has 3 rings (SSSR count). The van der Waals surface area contributed by atoms with E-state index in [0.29, 0.717) is 25.3 Å². The Morgan fingerprint density at radius 3 is 2.12 bits per heavy atom. The molecule has 0 heterocycles. The van der Waals surface area contributed by atoms with Gasteiger partial charge in [0.2, 0.25) is 5.91 Å². The highest BCUT2D eigenvalue weighted by Gasteiger charge is 2.30. The molecule has 0 spiro atoms. The minimum absolute atomic E-state index is 0.135. The van der Waals surface area contributed by atoms with Gasteiger partial charge in [-0.2, -0.15) is 0 Å². The lowest BCUT2D eigenvalue weighted by atomic mass is 10.0. The number of para-hydroxylation sites is 1. The molecule has 33 heavy (non-hydrogen) atoms. The summed E-state index contributed by atoms with van der Waals surface area (Å²) in [5, 5.41) is 2.98. The number of nitrogens with one attached hydrogen (secondary N) is 1. The summed E-state index contributed by atoms with van der Waals surface area (Å²) in [4.78, 5) is 28.3. The van der Waals surface area contributed by atoms with Gasteiger partial charge in [0.05, 0.1) is 0 Å². The third-order valence-corrected chi connectivity index (χ3v) is 5.46. The molecule has 0 aliphatic carbocycles. The van der Waals surface area contributed by atoms with E-state index in [4.69, 9.17) is 4.74 Å². The van der Waals surface area contributed by atoms with Gasteiger partial charge in [-0.15, -0.1) is 0 Å². The Balaban J connectivity index is 1.87. The molecule has 0 radical (unpaired) electrons. The van der Waals surface area contributed by atoms with E-state index in [1.165, 1.54) is 0 Å². The Morgan fingerprint density at radius 2 is 1.48 bits per heavy atom. The number of rotatable bonds is 11. The highest BCUT2D eigenvalue weighted by Crippen LogP contribution is 2.18. The quantitative estimate of drug-likeness (QED) is 0.472. The van der Waals surface area contributed by atoms with Crippen molar-refractivity contribution < 1.29 is 14.3 Å². The fourth-order valence-corrected chi connectivity index (χ4v) is 3.64. The Morgan fingerprint density at radius 1 is 0.879 bits per heavy atom. The molecule has 0 aliphatic heterocycles. The number of nitrogens with zero attached hydrogens (tertiary/aromatic N) is 1. The monoisotopic (exact) mass is 444 g/mol. The van der Waals surface area contributed by atoms with Gasteiger partial charge in [-0.3, -0.25) is 9.59 Å². The lowest BCUT2D eigenvalue weighted by molar-refractivity contribution is -0.142. The maximum atomic E-state index is 13.5. The molecule has 0 aliphatic rings. The van der Waals surface area contributed by atoms with Crippen molar-refractivity contribution in [2.45, 2.75) is 39.3 Å². The van der Waals surface area contributed by atoms with Gasteiger partial charge < -0.3 is 15.0 Å². The van der Waals surface area contributed by atoms with Gasteiger partial charge in [-0.25, -0.2) is 0 Å². The first kappa shape index (κ1) is 24.1. The molecule has 0 saturated carbocycles. The summed E-state index contributed by atoms with van der Waals surface area (Å²) in [5.41, 5.74) is 2.92. The van der Waals surface area contributed by atoms with Crippen LogP contribution in [0.4, 0.5) is 0 Å². The zero-order valence-electron chi connectivity index (χ0n) is 19.4. The summed E-state index contributed by atoms with van der Waals surface area (Å²) in [6.45, 7) is 4.71. The van der Waals surface area contributed by atoms with Crippen LogP contribution in [0.25, 0.3) is 0 Å². The van der Waals surface area contributed by atoms with E-state index in [2.05, 4.69) is 5.32 Å². The average molecular weight is 445 g/mol. The molecule has 1 unspecified atom stereocenters. The highest BCUT2D eigenvalue weighted by molar-refractivity contribution is 5.88. The van der Waals surface area contributed by atoms with Crippen molar-refractivity contribution in [3.63, 3.8) is 0 Å². The summed E-state index contributed by atoms with van der Waals surface area (Å²) in [7, 11) is 0. The molecule has 0 fully saturated rings. The minimum atomic E-state index is -0.646. The van der Waals surface area contributed by atoms with Crippen LogP contribution in [-0.2, 0) is 22.6 Å². The largest absolute Gasteiger partial charge is 0.484 e. The molecule has 2 amide bonds. The third kappa shape index (κ3) is 7.21. The second kappa shape index (κ2) is 12.4. The van der Waals surface area contributed by atoms with Crippen molar-refractivity contribution in [2.75, 3.05) is 13.2 Å². The predicted octanol–water partition coefficient (Wildman–Crippen LogP) is 4.54. The molecular weight excluding hydrogens is 412 g/mol. The Hall–Kier alpha value is -3.60. The number of carbonyl (C=O) groups is 2. The van der Waals surface area contributed by atoms with Crippen molar-refractivity contribution >= 4 is 11.8 Å². The number of amides is 2. The zero-order chi connectivity index (χ0) is 23.5. The second-order valence-electron chi connectivity index (χ2n) is 8.06. The average Bonchev–Trinajstić information content (AvgIpc) is 2.85. The molecule has 0 bridgehead atoms. The normalized spacial score (nSPS) is 11.5. The lowest BCUT2D eigenvalue weighted by Gasteiger charge is -2.31. The molecule has 172 valence electrons. The van der Waals surface area contributed by atoms with Crippen LogP contribution < -0.4 is 10.1 Å². The van der Waals surface area contributed by atoms with Crippen molar-refractivity contribution in [3.05, 3.63) is 102 Å². The van der Waals surface area contributed by atoms with Gasteiger partial charge in [-0.05, 0) is 36.1 Å². The maximum absolute atomic E-state index is 13.5. The van der Waals surface area contributed by atoms with Gasteiger partial charge in [0, 0.05) is 19.5 Å². The summed E-state index contributed by atoms with van der Waals surface area (Å²) in [6.07, 6.45) is 1.26. The van der Waals surface area contributed by atoms with Crippen LogP contribution in [0.1, 0.15) is 30.0 Å². The van der Waals surface area contributed by atoms with Gasteiger partial charge in [0.1, 0.15) is 11.8 Å². The fourth-order valence-electron chi connectivity index (χ4n) is 3.64. The SMILES string of the molecule is CCCNC(=O)C(Cc1ccccc1)N(Cc1ccccc1)C(=O)COc1ccccc1C. The second-order valence-corrected chi connectivity index (χ2v) is 8.06. The van der Waals surface area contributed by atoms with Gasteiger partial charge >= 0.3 is 0 Å². The smallest absolute Gasteiger partial charge is 0.261 e. The molecule has 0 saturated heterocycles. The van der Waals surface area contributed by atoms with Crippen molar-refractivity contribution in [1.82, 2.24) is 10.2 Å². The Labute approximate surface area is 196 Å². The molecule has 3 aromatic carbocycles. The number of hydrogen-bond acceptors (Lipinski definition) is 3. The van der Waals surface area contributed by atoms with E-state index in [-0.39, 0.29) is 18.4 Å². The summed E-state index contributed by atoms with van der Waals surface area (Å²) in [6, 6.07) is 26.5. The van der Waals surface area contributed by atoms with E-state index in [1.807, 2.05) is 98.8 Å². The number of carbonyl (C=O) groups excluding carboxylic acids is 2. The predicted molar refractivity (Wildman–Crippen MR) is 131 cm³/mol. The van der Waals surface area contributed by atoms with E-state index in [0.717, 1.165) is 23.1 Å². The van der Waals surface area contributed by atoms with Crippen molar-refractivity contribution in [1.29, 1.82) is 0 Å². The topological polar surface area (TPSA) is 58.6 Å². The first-order valence-corrected chi connectivity index (χ1v) is 11.4. The summed E-state index contributed by atoms with van der Waals surface area (Å²) < 4.78 is 5.86.